The standard InChI is InChI=1S/C16H18O6S/c1-15(2)12(16(15,13(19)21-3)14(20)22-4)23-10-8-6-5-7-9(10)11(17)18/h5-8,12H,1-4H3,(H,17,18). The molecule has 0 heterocycles. The SMILES string of the molecule is COC(=O)C1(C(=O)OC)C(Sc2ccccc2C(=O)O)C1(C)C. The molecule has 1 atom stereocenters. The predicted molar refractivity (Wildman–Crippen MR) is 83.3 cm³/mol. The summed E-state index contributed by atoms with van der Waals surface area (Å²) in [6.45, 7) is 3.53. The molecule has 0 aromatic heterocycles. The lowest BCUT2D eigenvalue weighted by atomic mass is 9.96. The average molecular weight is 338 g/mol. The van der Waals surface area contributed by atoms with Crippen LogP contribution in [-0.2, 0) is 19.1 Å². The van der Waals surface area contributed by atoms with Gasteiger partial charge in [-0.2, -0.15) is 0 Å². The lowest BCUT2D eigenvalue weighted by Gasteiger charge is -2.14. The predicted octanol–water partition coefficient (Wildman–Crippen LogP) is 2.22. The number of esters is 2. The fraction of sp³-hybridized carbons (Fsp3) is 0.438. The van der Waals surface area contributed by atoms with Crippen molar-refractivity contribution in [2.45, 2.75) is 24.0 Å². The molecule has 0 bridgehead atoms. The number of carboxylic acids is 1. The van der Waals surface area contributed by atoms with E-state index < -0.39 is 34.0 Å². The topological polar surface area (TPSA) is 89.9 Å². The average Bonchev–Trinajstić information content (AvgIpc) is 3.02. The van der Waals surface area contributed by atoms with Crippen LogP contribution in [0, 0.1) is 10.8 Å². The van der Waals surface area contributed by atoms with Crippen LogP contribution in [0.5, 0.6) is 0 Å². The molecule has 1 aromatic rings. The maximum Gasteiger partial charge on any atom is 0.336 e. The molecule has 1 saturated carbocycles. The molecule has 1 unspecified atom stereocenters. The summed E-state index contributed by atoms with van der Waals surface area (Å²) in [7, 11) is 2.43. The molecule has 7 heteroatoms. The van der Waals surface area contributed by atoms with Crippen LogP contribution in [0.4, 0.5) is 0 Å². The van der Waals surface area contributed by atoms with Crippen LogP contribution in [0.1, 0.15) is 24.2 Å². The first kappa shape index (κ1) is 17.3. The highest BCUT2D eigenvalue weighted by Crippen LogP contribution is 2.71. The Balaban J connectivity index is 2.43. The van der Waals surface area contributed by atoms with E-state index in [4.69, 9.17) is 9.47 Å². The lowest BCUT2D eigenvalue weighted by molar-refractivity contribution is -0.163. The van der Waals surface area contributed by atoms with Crippen LogP contribution < -0.4 is 0 Å². The van der Waals surface area contributed by atoms with Crippen molar-refractivity contribution in [1.29, 1.82) is 0 Å². The highest BCUT2D eigenvalue weighted by molar-refractivity contribution is 8.00. The monoisotopic (exact) mass is 338 g/mol. The number of methoxy groups -OCH3 is 2. The zero-order chi connectivity index (χ0) is 17.4. The van der Waals surface area contributed by atoms with Gasteiger partial charge < -0.3 is 14.6 Å². The second-order valence-corrected chi connectivity index (χ2v) is 6.96. The third-order valence-electron chi connectivity index (χ3n) is 4.36. The van der Waals surface area contributed by atoms with Crippen LogP contribution in [0.25, 0.3) is 0 Å². The van der Waals surface area contributed by atoms with Gasteiger partial charge in [-0.15, -0.1) is 11.8 Å². The van der Waals surface area contributed by atoms with Crippen molar-refractivity contribution in [2.24, 2.45) is 10.8 Å². The molecular formula is C16H18O6S. The fourth-order valence-corrected chi connectivity index (χ4v) is 4.75. The molecule has 1 aromatic carbocycles. The number of carbonyl (C=O) groups is 3. The molecule has 1 aliphatic carbocycles. The van der Waals surface area contributed by atoms with Crippen LogP contribution in [0.3, 0.4) is 0 Å². The normalized spacial score (nSPS) is 20.4. The van der Waals surface area contributed by atoms with Crippen LogP contribution >= 0.6 is 11.8 Å². The second kappa shape index (κ2) is 5.88. The Labute approximate surface area is 138 Å². The van der Waals surface area contributed by atoms with Crippen molar-refractivity contribution in [3.05, 3.63) is 29.8 Å². The minimum Gasteiger partial charge on any atom is -0.478 e. The van der Waals surface area contributed by atoms with Gasteiger partial charge in [0, 0.05) is 15.6 Å². The molecule has 0 radical (unpaired) electrons. The third-order valence-corrected chi connectivity index (χ3v) is 6.15. The summed E-state index contributed by atoms with van der Waals surface area (Å²) < 4.78 is 9.62. The maximum absolute atomic E-state index is 12.3. The van der Waals surface area contributed by atoms with E-state index in [1.165, 1.54) is 32.0 Å². The first-order chi connectivity index (χ1) is 10.7. The van der Waals surface area contributed by atoms with Gasteiger partial charge in [-0.25, -0.2) is 4.79 Å². The maximum atomic E-state index is 12.3. The summed E-state index contributed by atoms with van der Waals surface area (Å²) in [5, 5.41) is 8.80. The molecular weight excluding hydrogens is 320 g/mol. The van der Waals surface area contributed by atoms with Gasteiger partial charge in [0.25, 0.3) is 0 Å². The van der Waals surface area contributed by atoms with E-state index in [0.29, 0.717) is 4.90 Å². The summed E-state index contributed by atoms with van der Waals surface area (Å²) in [5.41, 5.74) is -2.03. The molecule has 0 spiro atoms. The molecule has 1 N–H and O–H groups in total. The molecule has 0 aliphatic heterocycles. The summed E-state index contributed by atoms with van der Waals surface area (Å²) in [6, 6.07) is 6.47. The van der Waals surface area contributed by atoms with Gasteiger partial charge in [-0.1, -0.05) is 26.0 Å². The Morgan fingerprint density at radius 1 is 1.09 bits per heavy atom. The summed E-state index contributed by atoms with van der Waals surface area (Å²) in [6.07, 6.45) is 0. The molecule has 6 nitrogen and oxygen atoms in total. The van der Waals surface area contributed by atoms with Crippen molar-refractivity contribution in [3.63, 3.8) is 0 Å². The van der Waals surface area contributed by atoms with Gasteiger partial charge in [0.1, 0.15) is 0 Å². The Morgan fingerprint density at radius 3 is 2.09 bits per heavy atom. The Kier molecular flexibility index (Phi) is 4.43. The minimum atomic E-state index is -1.44. The van der Waals surface area contributed by atoms with Gasteiger partial charge in [-0.05, 0) is 12.1 Å². The number of aromatic carboxylic acids is 1. The van der Waals surface area contributed by atoms with Crippen molar-refractivity contribution >= 4 is 29.7 Å². The van der Waals surface area contributed by atoms with Crippen molar-refractivity contribution in [2.75, 3.05) is 14.2 Å². The van der Waals surface area contributed by atoms with E-state index in [-0.39, 0.29) is 5.56 Å². The van der Waals surface area contributed by atoms with Crippen molar-refractivity contribution in [1.82, 2.24) is 0 Å². The van der Waals surface area contributed by atoms with Crippen molar-refractivity contribution < 1.29 is 29.0 Å². The minimum absolute atomic E-state index is 0.129. The van der Waals surface area contributed by atoms with E-state index in [9.17, 15) is 19.5 Å². The second-order valence-electron chi connectivity index (χ2n) is 5.81. The number of benzene rings is 1. The van der Waals surface area contributed by atoms with E-state index in [1.54, 1.807) is 32.0 Å². The zero-order valence-corrected chi connectivity index (χ0v) is 14.1. The van der Waals surface area contributed by atoms with Gasteiger partial charge >= 0.3 is 17.9 Å². The number of carboxylic acid groups (broad SMARTS) is 1. The fourth-order valence-electron chi connectivity index (χ4n) is 2.97. The molecule has 23 heavy (non-hydrogen) atoms. The number of hydrogen-bond donors (Lipinski definition) is 1. The number of rotatable bonds is 5. The highest BCUT2D eigenvalue weighted by atomic mass is 32.2. The number of thioether (sulfide) groups is 1. The van der Waals surface area contributed by atoms with E-state index in [0.717, 1.165) is 0 Å². The summed E-state index contributed by atoms with van der Waals surface area (Å²) in [5.74, 6) is -2.40. The van der Waals surface area contributed by atoms with Crippen LogP contribution in [0.15, 0.2) is 29.2 Å². The molecule has 124 valence electrons. The lowest BCUT2D eigenvalue weighted by Crippen LogP contribution is -2.34. The first-order valence-electron chi connectivity index (χ1n) is 6.91. The van der Waals surface area contributed by atoms with Crippen LogP contribution in [-0.4, -0.2) is 42.5 Å². The van der Waals surface area contributed by atoms with Gasteiger partial charge in [0.15, 0.2) is 5.41 Å². The largest absolute Gasteiger partial charge is 0.478 e. The molecule has 2 rings (SSSR count). The quantitative estimate of drug-likeness (QED) is 0.650. The van der Waals surface area contributed by atoms with Gasteiger partial charge in [0.05, 0.1) is 19.8 Å². The number of carbonyl (C=O) groups excluding carboxylic acids is 2. The first-order valence-corrected chi connectivity index (χ1v) is 7.78. The van der Waals surface area contributed by atoms with E-state index in [1.807, 2.05) is 0 Å². The third kappa shape index (κ3) is 2.39. The smallest absolute Gasteiger partial charge is 0.336 e. The molecule has 0 saturated heterocycles. The van der Waals surface area contributed by atoms with Crippen LogP contribution in [0.2, 0.25) is 0 Å². The molecule has 1 fully saturated rings. The molecule has 1 aliphatic rings. The Hall–Kier alpha value is -2.02. The zero-order valence-electron chi connectivity index (χ0n) is 13.3. The number of hydrogen-bond acceptors (Lipinski definition) is 6. The summed E-state index contributed by atoms with van der Waals surface area (Å²) >= 11 is 1.18. The Bertz CT molecular complexity index is 650. The van der Waals surface area contributed by atoms with Gasteiger partial charge in [-0.3, -0.25) is 9.59 Å². The number of ether oxygens (including phenoxy) is 2. The van der Waals surface area contributed by atoms with Crippen molar-refractivity contribution in [3.8, 4) is 0 Å². The molecule has 0 amide bonds. The Morgan fingerprint density at radius 2 is 1.61 bits per heavy atom. The van der Waals surface area contributed by atoms with E-state index in [2.05, 4.69) is 0 Å². The van der Waals surface area contributed by atoms with E-state index >= 15 is 0 Å². The highest BCUT2D eigenvalue weighted by Gasteiger charge is 2.82. The summed E-state index contributed by atoms with van der Waals surface area (Å²) in [4.78, 5) is 36.4. The van der Waals surface area contributed by atoms with Gasteiger partial charge in [0.2, 0.25) is 0 Å².